The molecule has 2 atom stereocenters. The predicted octanol–water partition coefficient (Wildman–Crippen LogP) is 5.26. The van der Waals surface area contributed by atoms with Gasteiger partial charge in [-0.1, -0.05) is 32.0 Å². The van der Waals surface area contributed by atoms with Gasteiger partial charge in [0.1, 0.15) is 11.8 Å². The van der Waals surface area contributed by atoms with Crippen LogP contribution in [0.4, 0.5) is 0 Å². The van der Waals surface area contributed by atoms with Crippen LogP contribution in [0.15, 0.2) is 59.8 Å². The van der Waals surface area contributed by atoms with Crippen LogP contribution in [0.25, 0.3) is 11.1 Å². The van der Waals surface area contributed by atoms with Crippen LogP contribution in [0.1, 0.15) is 68.0 Å². The maximum absolute atomic E-state index is 13.5. The highest BCUT2D eigenvalue weighted by Crippen LogP contribution is 2.29. The van der Waals surface area contributed by atoms with Crippen LogP contribution in [-0.4, -0.2) is 21.2 Å². The molecule has 3 aromatic rings. The number of carbonyl (C=O) groups is 2. The van der Waals surface area contributed by atoms with Gasteiger partial charge in [-0.3, -0.25) is 19.4 Å². The maximum Gasteiger partial charge on any atom is 0.251 e. The molecule has 1 N–H and O–H groups in total. The number of nitrogens with one attached hydrogen (secondary N) is 1. The Bertz CT molecular complexity index is 1260. The topological polar surface area (TPSA) is 81.1 Å². The Morgan fingerprint density at radius 1 is 1.03 bits per heavy atom. The Morgan fingerprint density at radius 3 is 2.31 bits per heavy atom. The van der Waals surface area contributed by atoms with E-state index in [9.17, 15) is 14.4 Å². The summed E-state index contributed by atoms with van der Waals surface area (Å²) >= 11 is 0. The second-order valence-corrected chi connectivity index (χ2v) is 9.84. The van der Waals surface area contributed by atoms with Crippen molar-refractivity contribution in [1.29, 1.82) is 0 Å². The molecule has 0 spiro atoms. The van der Waals surface area contributed by atoms with Gasteiger partial charge in [-0.05, 0) is 80.0 Å². The van der Waals surface area contributed by atoms with Crippen molar-refractivity contribution in [3.05, 3.63) is 87.6 Å². The van der Waals surface area contributed by atoms with Crippen LogP contribution < -0.4 is 10.9 Å². The summed E-state index contributed by atoms with van der Waals surface area (Å²) in [4.78, 5) is 42.8. The quantitative estimate of drug-likeness (QED) is 0.460. The number of aryl methyl sites for hydroxylation is 3. The summed E-state index contributed by atoms with van der Waals surface area (Å²) in [6, 6.07) is 10.3. The number of carbonyl (C=O) groups excluding carboxylic acids is 2. The molecule has 0 fully saturated rings. The number of rotatable bonds is 9. The van der Waals surface area contributed by atoms with E-state index in [2.05, 4.69) is 36.3 Å². The minimum absolute atomic E-state index is 0.0410. The first kappa shape index (κ1) is 26.1. The number of hydrogen-bond acceptors (Lipinski definition) is 4. The molecule has 3 rings (SSSR count). The molecule has 184 valence electrons. The molecule has 0 saturated carbocycles. The predicted molar refractivity (Wildman–Crippen MR) is 139 cm³/mol. The number of pyridine rings is 2. The average Bonchev–Trinajstić information content (AvgIpc) is 2.77. The standard InChI is InChI=1S/C29H35N3O3/c1-18(2)12-26(32-11-10-19(3)13-27(32)34)29(35)31-25(14-22(6)33)23-15-24(17-30-16-23)28-20(4)8-7-9-21(28)5/h7-11,13,15-18,25-26H,12,14H2,1-6H3,(H,31,35)/t25-,26?/m0/s1. The van der Waals surface area contributed by atoms with E-state index in [1.807, 2.05) is 39.0 Å². The molecule has 0 aliphatic heterocycles. The lowest BCUT2D eigenvalue weighted by atomic mass is 9.94. The Kier molecular flexibility index (Phi) is 8.39. The highest BCUT2D eigenvalue weighted by atomic mass is 16.2. The molecule has 1 amide bonds. The van der Waals surface area contributed by atoms with Crippen molar-refractivity contribution in [2.45, 2.75) is 66.5 Å². The van der Waals surface area contributed by atoms with Gasteiger partial charge >= 0.3 is 0 Å². The van der Waals surface area contributed by atoms with Gasteiger partial charge in [-0.15, -0.1) is 0 Å². The molecule has 6 nitrogen and oxygen atoms in total. The zero-order chi connectivity index (χ0) is 25.7. The van der Waals surface area contributed by atoms with Crippen LogP contribution in [0.3, 0.4) is 0 Å². The largest absolute Gasteiger partial charge is 0.347 e. The normalized spacial score (nSPS) is 12.9. The van der Waals surface area contributed by atoms with Crippen molar-refractivity contribution in [2.24, 2.45) is 5.92 Å². The summed E-state index contributed by atoms with van der Waals surface area (Å²) in [5.74, 6) is -0.131. The fourth-order valence-electron chi connectivity index (χ4n) is 4.50. The van der Waals surface area contributed by atoms with Crippen molar-refractivity contribution in [3.63, 3.8) is 0 Å². The van der Waals surface area contributed by atoms with Gasteiger partial charge in [0.15, 0.2) is 0 Å². The molecule has 6 heteroatoms. The van der Waals surface area contributed by atoms with Crippen molar-refractivity contribution < 1.29 is 9.59 Å². The zero-order valence-corrected chi connectivity index (χ0v) is 21.5. The minimum atomic E-state index is -0.674. The second kappa shape index (κ2) is 11.3. The van der Waals surface area contributed by atoms with Crippen molar-refractivity contribution in [2.75, 3.05) is 0 Å². The molecular formula is C29H35N3O3. The third-order valence-electron chi connectivity index (χ3n) is 6.18. The molecule has 0 saturated heterocycles. The van der Waals surface area contributed by atoms with Crippen LogP contribution in [0.5, 0.6) is 0 Å². The van der Waals surface area contributed by atoms with Gasteiger partial charge in [-0.2, -0.15) is 0 Å². The van der Waals surface area contributed by atoms with Gasteiger partial charge in [0, 0.05) is 36.6 Å². The van der Waals surface area contributed by atoms with Crippen molar-refractivity contribution >= 4 is 11.7 Å². The Balaban J connectivity index is 1.98. The van der Waals surface area contributed by atoms with Gasteiger partial charge < -0.3 is 9.88 Å². The first-order chi connectivity index (χ1) is 16.6. The fourth-order valence-corrected chi connectivity index (χ4v) is 4.50. The van der Waals surface area contributed by atoms with Gasteiger partial charge in [0.25, 0.3) is 5.56 Å². The van der Waals surface area contributed by atoms with Gasteiger partial charge in [0.05, 0.1) is 6.04 Å². The maximum atomic E-state index is 13.5. The number of aromatic nitrogens is 2. The molecule has 1 aromatic carbocycles. The number of amides is 1. The molecule has 2 heterocycles. The minimum Gasteiger partial charge on any atom is -0.347 e. The van der Waals surface area contributed by atoms with E-state index >= 15 is 0 Å². The van der Waals surface area contributed by atoms with E-state index in [1.54, 1.807) is 18.6 Å². The van der Waals surface area contributed by atoms with Crippen molar-refractivity contribution in [3.8, 4) is 11.1 Å². The van der Waals surface area contributed by atoms with E-state index in [1.165, 1.54) is 17.6 Å². The molecule has 2 aromatic heterocycles. The van der Waals surface area contributed by atoms with E-state index in [-0.39, 0.29) is 29.6 Å². The first-order valence-electron chi connectivity index (χ1n) is 12.1. The lowest BCUT2D eigenvalue weighted by Crippen LogP contribution is -2.40. The SMILES string of the molecule is CC(=O)C[C@H](NC(=O)C(CC(C)C)n1ccc(C)cc1=O)c1cncc(-c2c(C)cccc2C)c1. The molecular weight excluding hydrogens is 438 g/mol. The van der Waals surface area contributed by atoms with Crippen LogP contribution in [0.2, 0.25) is 0 Å². The lowest BCUT2D eigenvalue weighted by Gasteiger charge is -2.25. The van der Waals surface area contributed by atoms with E-state index < -0.39 is 12.1 Å². The highest BCUT2D eigenvalue weighted by Gasteiger charge is 2.26. The number of benzene rings is 1. The van der Waals surface area contributed by atoms with Gasteiger partial charge in [0.2, 0.25) is 5.91 Å². The summed E-state index contributed by atoms with van der Waals surface area (Å²) in [6.45, 7) is 11.5. The smallest absolute Gasteiger partial charge is 0.251 e. The number of hydrogen-bond donors (Lipinski definition) is 1. The van der Waals surface area contributed by atoms with Crippen LogP contribution >= 0.6 is 0 Å². The molecule has 0 bridgehead atoms. The number of ketones is 1. The van der Waals surface area contributed by atoms with E-state index in [0.717, 1.165) is 33.4 Å². The third-order valence-corrected chi connectivity index (χ3v) is 6.18. The van der Waals surface area contributed by atoms with E-state index in [0.29, 0.717) is 6.42 Å². The van der Waals surface area contributed by atoms with Crippen LogP contribution in [-0.2, 0) is 9.59 Å². The first-order valence-corrected chi connectivity index (χ1v) is 12.1. The third kappa shape index (κ3) is 6.53. The molecule has 1 unspecified atom stereocenters. The Morgan fingerprint density at radius 2 is 1.71 bits per heavy atom. The second-order valence-electron chi connectivity index (χ2n) is 9.84. The summed E-state index contributed by atoms with van der Waals surface area (Å²) in [7, 11) is 0. The zero-order valence-electron chi connectivity index (χ0n) is 21.5. The average molecular weight is 474 g/mol. The molecule has 0 radical (unpaired) electrons. The Labute approximate surface area is 207 Å². The number of Topliss-reactive ketones (excluding diaryl/α,β-unsaturated/α-hetero) is 1. The summed E-state index contributed by atoms with van der Waals surface area (Å²) < 4.78 is 1.48. The summed E-state index contributed by atoms with van der Waals surface area (Å²) in [5, 5.41) is 3.06. The van der Waals surface area contributed by atoms with E-state index in [4.69, 9.17) is 0 Å². The Hall–Kier alpha value is -3.54. The summed E-state index contributed by atoms with van der Waals surface area (Å²) in [6.07, 6.45) is 5.82. The highest BCUT2D eigenvalue weighted by molar-refractivity contribution is 5.83. The number of nitrogens with zero attached hydrogens (tertiary/aromatic N) is 2. The summed E-state index contributed by atoms with van der Waals surface area (Å²) in [5.41, 5.74) is 5.69. The van der Waals surface area contributed by atoms with Gasteiger partial charge in [-0.25, -0.2) is 0 Å². The fraction of sp³-hybridized carbons (Fsp3) is 0.379. The van der Waals surface area contributed by atoms with Crippen LogP contribution in [0, 0.1) is 26.7 Å². The molecule has 35 heavy (non-hydrogen) atoms. The lowest BCUT2D eigenvalue weighted by molar-refractivity contribution is -0.126. The monoisotopic (exact) mass is 473 g/mol. The molecule has 0 aliphatic rings. The molecule has 0 aliphatic carbocycles. The van der Waals surface area contributed by atoms with Crippen molar-refractivity contribution in [1.82, 2.24) is 14.9 Å².